The number of hydrogen-bond acceptors (Lipinski definition) is 3. The number of halogens is 1. The number of nitrogens with zero attached hydrogens (tertiary/aromatic N) is 2. The average Bonchev–Trinajstić information content (AvgIpc) is 3.24. The van der Waals surface area contributed by atoms with Gasteiger partial charge in [0, 0.05) is 11.1 Å². The van der Waals surface area contributed by atoms with Crippen LogP contribution in [-0.2, 0) is 9.59 Å². The molecule has 1 heterocycles. The van der Waals surface area contributed by atoms with Crippen molar-refractivity contribution in [3.8, 4) is 0 Å². The summed E-state index contributed by atoms with van der Waals surface area (Å²) in [4.78, 5) is 28.0. The SMILES string of the molecule is C[C@H](c1ccc(Cl)cc1)N(C(=O)CN1CSCC1=O)C1CC1. The first-order chi connectivity index (χ1) is 10.6. The molecule has 1 atom stereocenters. The largest absolute Gasteiger partial charge is 0.331 e. The van der Waals surface area contributed by atoms with Crippen LogP contribution >= 0.6 is 23.4 Å². The lowest BCUT2D eigenvalue weighted by molar-refractivity contribution is -0.140. The maximum atomic E-state index is 12.7. The molecule has 2 fully saturated rings. The average molecular weight is 339 g/mol. The summed E-state index contributed by atoms with van der Waals surface area (Å²) in [6, 6.07) is 7.94. The molecule has 1 aliphatic heterocycles. The number of benzene rings is 1. The second kappa shape index (κ2) is 6.50. The van der Waals surface area contributed by atoms with Gasteiger partial charge in [0.1, 0.15) is 6.54 Å². The molecule has 3 rings (SSSR count). The fourth-order valence-electron chi connectivity index (χ4n) is 2.78. The summed E-state index contributed by atoms with van der Waals surface area (Å²) >= 11 is 7.50. The normalized spacial score (nSPS) is 19.4. The van der Waals surface area contributed by atoms with Crippen LogP contribution < -0.4 is 0 Å². The van der Waals surface area contributed by atoms with Crippen molar-refractivity contribution in [1.82, 2.24) is 9.80 Å². The van der Waals surface area contributed by atoms with Crippen molar-refractivity contribution in [2.75, 3.05) is 18.2 Å². The third-order valence-corrected chi connectivity index (χ3v) is 5.35. The predicted molar refractivity (Wildman–Crippen MR) is 88.8 cm³/mol. The van der Waals surface area contributed by atoms with E-state index in [1.807, 2.05) is 36.1 Å². The van der Waals surface area contributed by atoms with Crippen molar-refractivity contribution in [2.45, 2.75) is 31.8 Å². The Bertz CT molecular complexity index is 574. The number of carbonyl (C=O) groups excluding carboxylic acids is 2. The Balaban J connectivity index is 1.72. The maximum Gasteiger partial charge on any atom is 0.242 e. The number of thioether (sulfide) groups is 1. The maximum absolute atomic E-state index is 12.7. The second-order valence-electron chi connectivity index (χ2n) is 5.83. The van der Waals surface area contributed by atoms with Crippen LogP contribution in [0.4, 0.5) is 0 Å². The topological polar surface area (TPSA) is 40.6 Å². The number of amides is 2. The van der Waals surface area contributed by atoms with Gasteiger partial charge in [-0.25, -0.2) is 0 Å². The molecule has 0 bridgehead atoms. The van der Waals surface area contributed by atoms with Crippen molar-refractivity contribution >= 4 is 35.2 Å². The highest BCUT2D eigenvalue weighted by Gasteiger charge is 2.37. The summed E-state index contributed by atoms with van der Waals surface area (Å²) in [6.45, 7) is 2.24. The summed E-state index contributed by atoms with van der Waals surface area (Å²) in [7, 11) is 0. The Kier molecular flexibility index (Phi) is 4.64. The van der Waals surface area contributed by atoms with Crippen LogP contribution in [0.15, 0.2) is 24.3 Å². The highest BCUT2D eigenvalue weighted by molar-refractivity contribution is 8.00. The van der Waals surface area contributed by atoms with E-state index < -0.39 is 0 Å². The second-order valence-corrected chi connectivity index (χ2v) is 7.22. The van der Waals surface area contributed by atoms with Crippen molar-refractivity contribution in [2.24, 2.45) is 0 Å². The number of rotatable bonds is 5. The van der Waals surface area contributed by atoms with Gasteiger partial charge in [-0.05, 0) is 37.5 Å². The molecule has 0 spiro atoms. The van der Waals surface area contributed by atoms with Gasteiger partial charge in [-0.3, -0.25) is 9.59 Å². The van der Waals surface area contributed by atoms with Crippen LogP contribution in [0.3, 0.4) is 0 Å². The minimum Gasteiger partial charge on any atom is -0.331 e. The van der Waals surface area contributed by atoms with Gasteiger partial charge in [0.05, 0.1) is 17.7 Å². The van der Waals surface area contributed by atoms with Gasteiger partial charge in [0.25, 0.3) is 0 Å². The van der Waals surface area contributed by atoms with E-state index in [1.54, 1.807) is 16.7 Å². The van der Waals surface area contributed by atoms with Crippen LogP contribution in [-0.4, -0.2) is 45.8 Å². The molecule has 22 heavy (non-hydrogen) atoms. The summed E-state index contributed by atoms with van der Waals surface area (Å²) in [5, 5.41) is 0.694. The molecule has 0 N–H and O–H groups in total. The minimum atomic E-state index is 0.00243. The molecule has 118 valence electrons. The van der Waals surface area contributed by atoms with Gasteiger partial charge in [-0.1, -0.05) is 23.7 Å². The molecule has 0 unspecified atom stereocenters. The fraction of sp³-hybridized carbons (Fsp3) is 0.500. The molecule has 1 aromatic carbocycles. The molecule has 4 nitrogen and oxygen atoms in total. The summed E-state index contributed by atoms with van der Waals surface area (Å²) in [6.07, 6.45) is 2.10. The van der Waals surface area contributed by atoms with Crippen molar-refractivity contribution in [3.63, 3.8) is 0 Å². The molecule has 0 radical (unpaired) electrons. The standard InChI is InChI=1S/C16H19ClN2O2S/c1-11(12-2-4-13(17)5-3-12)19(14-6-7-14)15(20)8-18-10-22-9-16(18)21/h2-5,11,14H,6-10H2,1H3/t11-/m1/s1. The van der Waals surface area contributed by atoms with Crippen molar-refractivity contribution < 1.29 is 9.59 Å². The first-order valence-corrected chi connectivity index (χ1v) is 9.01. The minimum absolute atomic E-state index is 0.00243. The van der Waals surface area contributed by atoms with Gasteiger partial charge in [-0.15, -0.1) is 11.8 Å². The zero-order chi connectivity index (χ0) is 15.7. The highest BCUT2D eigenvalue weighted by atomic mass is 35.5. The zero-order valence-electron chi connectivity index (χ0n) is 12.5. The smallest absolute Gasteiger partial charge is 0.242 e. The van der Waals surface area contributed by atoms with Crippen LogP contribution in [0.1, 0.15) is 31.4 Å². The van der Waals surface area contributed by atoms with Crippen LogP contribution in [0.25, 0.3) is 0 Å². The predicted octanol–water partition coefficient (Wildman–Crippen LogP) is 2.92. The Morgan fingerprint density at radius 3 is 2.64 bits per heavy atom. The highest BCUT2D eigenvalue weighted by Crippen LogP contribution is 2.35. The van der Waals surface area contributed by atoms with Gasteiger partial charge >= 0.3 is 0 Å². The molecule has 0 aromatic heterocycles. The molecule has 1 aliphatic carbocycles. The fourth-order valence-corrected chi connectivity index (χ4v) is 3.81. The molecule has 1 saturated carbocycles. The Labute approximate surface area is 139 Å². The Morgan fingerprint density at radius 1 is 1.41 bits per heavy atom. The summed E-state index contributed by atoms with van der Waals surface area (Å²) in [5.41, 5.74) is 1.08. The van der Waals surface area contributed by atoms with Gasteiger partial charge in [0.2, 0.25) is 11.8 Å². The monoisotopic (exact) mass is 338 g/mol. The lowest BCUT2D eigenvalue weighted by Gasteiger charge is -2.31. The first kappa shape index (κ1) is 15.7. The quantitative estimate of drug-likeness (QED) is 0.828. The van der Waals surface area contributed by atoms with Crippen LogP contribution in [0.2, 0.25) is 5.02 Å². The molecule has 1 saturated heterocycles. The van der Waals surface area contributed by atoms with E-state index in [1.165, 1.54) is 0 Å². The first-order valence-electron chi connectivity index (χ1n) is 7.48. The van der Waals surface area contributed by atoms with E-state index in [4.69, 9.17) is 11.6 Å². The Hall–Kier alpha value is -1.20. The van der Waals surface area contributed by atoms with E-state index in [0.29, 0.717) is 22.7 Å². The van der Waals surface area contributed by atoms with E-state index in [9.17, 15) is 9.59 Å². The zero-order valence-corrected chi connectivity index (χ0v) is 14.1. The van der Waals surface area contributed by atoms with E-state index in [-0.39, 0.29) is 24.4 Å². The van der Waals surface area contributed by atoms with Gasteiger partial charge < -0.3 is 9.80 Å². The summed E-state index contributed by atoms with van der Waals surface area (Å²) in [5.74, 6) is 1.22. The molecule has 1 aromatic rings. The van der Waals surface area contributed by atoms with Crippen molar-refractivity contribution in [1.29, 1.82) is 0 Å². The Morgan fingerprint density at radius 2 is 2.09 bits per heavy atom. The van der Waals surface area contributed by atoms with E-state index in [2.05, 4.69) is 0 Å². The molecular formula is C16H19ClN2O2S. The lowest BCUT2D eigenvalue weighted by Crippen LogP contribution is -2.43. The van der Waals surface area contributed by atoms with Crippen LogP contribution in [0, 0.1) is 0 Å². The van der Waals surface area contributed by atoms with E-state index >= 15 is 0 Å². The molecule has 2 amide bonds. The van der Waals surface area contributed by atoms with E-state index in [0.717, 1.165) is 18.4 Å². The molecular weight excluding hydrogens is 320 g/mol. The number of hydrogen-bond donors (Lipinski definition) is 0. The van der Waals surface area contributed by atoms with Gasteiger partial charge in [0.15, 0.2) is 0 Å². The van der Waals surface area contributed by atoms with Crippen LogP contribution in [0.5, 0.6) is 0 Å². The third kappa shape index (κ3) is 3.41. The van der Waals surface area contributed by atoms with Gasteiger partial charge in [-0.2, -0.15) is 0 Å². The summed E-state index contributed by atoms with van der Waals surface area (Å²) < 4.78 is 0. The number of carbonyl (C=O) groups is 2. The third-order valence-electron chi connectivity index (χ3n) is 4.15. The van der Waals surface area contributed by atoms with Crippen molar-refractivity contribution in [3.05, 3.63) is 34.9 Å². The molecule has 6 heteroatoms. The molecule has 2 aliphatic rings. The lowest BCUT2D eigenvalue weighted by atomic mass is 10.1.